The average Bonchev–Trinajstić information content (AvgIpc) is 3.15. The number of hydrogen-bond acceptors (Lipinski definition) is 4. The first kappa shape index (κ1) is 21.8. The molecule has 0 spiro atoms. The minimum absolute atomic E-state index is 0. The molecule has 7 heteroatoms. The third kappa shape index (κ3) is 5.98. The number of rotatable bonds is 8. The summed E-state index contributed by atoms with van der Waals surface area (Å²) in [5.74, 6) is 0.639. The van der Waals surface area contributed by atoms with Gasteiger partial charge in [0.05, 0.1) is 18.2 Å². The van der Waals surface area contributed by atoms with Crippen molar-refractivity contribution < 1.29 is 18.6 Å². The van der Waals surface area contributed by atoms with Crippen molar-refractivity contribution in [1.82, 2.24) is 5.32 Å². The van der Waals surface area contributed by atoms with Crippen LogP contribution >= 0.6 is 24.0 Å². The molecule has 1 N–H and O–H groups in total. The van der Waals surface area contributed by atoms with Crippen LogP contribution < -0.4 is 14.8 Å². The van der Waals surface area contributed by atoms with Gasteiger partial charge in [-0.25, -0.2) is 4.39 Å². The van der Waals surface area contributed by atoms with Gasteiger partial charge in [-0.05, 0) is 36.6 Å². The van der Waals surface area contributed by atoms with Crippen molar-refractivity contribution in [2.75, 3.05) is 20.3 Å². The van der Waals surface area contributed by atoms with Crippen LogP contribution in [-0.4, -0.2) is 26.4 Å². The van der Waals surface area contributed by atoms with Crippen molar-refractivity contribution in [2.24, 2.45) is 0 Å². The molecule has 0 amide bonds. The molecule has 0 radical (unpaired) electrons. The van der Waals surface area contributed by atoms with Crippen LogP contribution in [0.15, 0.2) is 36.4 Å². The molecular formula is C20H24Cl2FNO3. The van der Waals surface area contributed by atoms with E-state index in [1.165, 1.54) is 6.07 Å². The Labute approximate surface area is 170 Å². The molecule has 2 aromatic carbocycles. The predicted octanol–water partition coefficient (Wildman–Crippen LogP) is 4.76. The predicted molar refractivity (Wildman–Crippen MR) is 107 cm³/mol. The molecule has 1 atom stereocenters. The minimum Gasteiger partial charge on any atom is -0.493 e. The van der Waals surface area contributed by atoms with Gasteiger partial charge in [-0.3, -0.25) is 0 Å². The van der Waals surface area contributed by atoms with Gasteiger partial charge in [0.1, 0.15) is 12.4 Å². The lowest BCUT2D eigenvalue weighted by Crippen LogP contribution is -2.25. The van der Waals surface area contributed by atoms with Gasteiger partial charge < -0.3 is 19.5 Å². The lowest BCUT2D eigenvalue weighted by molar-refractivity contribution is 0.110. The van der Waals surface area contributed by atoms with Crippen LogP contribution in [0.1, 0.15) is 24.0 Å². The molecule has 0 aliphatic carbocycles. The van der Waals surface area contributed by atoms with E-state index >= 15 is 0 Å². The van der Waals surface area contributed by atoms with E-state index < -0.39 is 0 Å². The molecule has 0 saturated carbocycles. The molecule has 27 heavy (non-hydrogen) atoms. The highest BCUT2D eigenvalue weighted by molar-refractivity contribution is 6.32. The normalized spacial score (nSPS) is 16.0. The highest BCUT2D eigenvalue weighted by Gasteiger charge is 2.16. The molecule has 1 unspecified atom stereocenters. The van der Waals surface area contributed by atoms with Crippen LogP contribution in [-0.2, 0) is 17.9 Å². The third-order valence-electron chi connectivity index (χ3n) is 4.34. The van der Waals surface area contributed by atoms with Crippen LogP contribution in [0.4, 0.5) is 4.39 Å². The van der Waals surface area contributed by atoms with Crippen LogP contribution in [0.2, 0.25) is 5.02 Å². The van der Waals surface area contributed by atoms with Gasteiger partial charge in [0, 0.05) is 25.3 Å². The summed E-state index contributed by atoms with van der Waals surface area (Å²) < 4.78 is 30.5. The summed E-state index contributed by atoms with van der Waals surface area (Å²) in [6.07, 6.45) is 2.51. The van der Waals surface area contributed by atoms with Gasteiger partial charge in [-0.1, -0.05) is 29.8 Å². The molecule has 0 bridgehead atoms. The molecule has 4 nitrogen and oxygen atoms in total. The molecule has 1 aliphatic rings. The Kier molecular flexibility index (Phi) is 8.64. The SMILES string of the molecule is COc1cc(CNCC2CCCO2)cc(Cl)c1OCc1ccccc1F.Cl. The standard InChI is InChI=1S/C20H23ClFNO3.ClH/c1-24-19-10-14(11-23-12-16-6-4-8-25-16)9-17(21)20(19)26-13-15-5-2-3-7-18(15)22;/h2-3,5,7,9-10,16,23H,4,6,8,11-13H2,1H3;1H. The summed E-state index contributed by atoms with van der Waals surface area (Å²) in [4.78, 5) is 0. The quantitative estimate of drug-likeness (QED) is 0.674. The van der Waals surface area contributed by atoms with Gasteiger partial charge in [-0.2, -0.15) is 0 Å². The summed E-state index contributed by atoms with van der Waals surface area (Å²) in [7, 11) is 1.56. The van der Waals surface area contributed by atoms with Gasteiger partial charge in [0.15, 0.2) is 11.5 Å². The Morgan fingerprint density at radius 3 is 2.81 bits per heavy atom. The number of methoxy groups -OCH3 is 1. The fraction of sp³-hybridized carbons (Fsp3) is 0.400. The number of benzene rings is 2. The Balaban J connectivity index is 0.00000261. The van der Waals surface area contributed by atoms with E-state index in [9.17, 15) is 4.39 Å². The Hall–Kier alpha value is -1.53. The van der Waals surface area contributed by atoms with Crippen molar-refractivity contribution in [3.63, 3.8) is 0 Å². The van der Waals surface area contributed by atoms with E-state index in [1.807, 2.05) is 12.1 Å². The van der Waals surface area contributed by atoms with Crippen molar-refractivity contribution in [3.05, 3.63) is 58.4 Å². The fourth-order valence-electron chi connectivity index (χ4n) is 2.96. The van der Waals surface area contributed by atoms with E-state index in [0.717, 1.165) is 31.6 Å². The zero-order chi connectivity index (χ0) is 18.4. The smallest absolute Gasteiger partial charge is 0.180 e. The van der Waals surface area contributed by atoms with Gasteiger partial charge >= 0.3 is 0 Å². The second kappa shape index (κ2) is 10.7. The largest absolute Gasteiger partial charge is 0.493 e. The van der Waals surface area contributed by atoms with Gasteiger partial charge in [0.25, 0.3) is 0 Å². The van der Waals surface area contributed by atoms with E-state index in [0.29, 0.717) is 28.6 Å². The molecule has 1 heterocycles. The Bertz CT molecular complexity index is 739. The topological polar surface area (TPSA) is 39.7 Å². The van der Waals surface area contributed by atoms with Crippen LogP contribution in [0, 0.1) is 5.82 Å². The van der Waals surface area contributed by atoms with Gasteiger partial charge in [0.2, 0.25) is 0 Å². The second-order valence-corrected chi connectivity index (χ2v) is 6.66. The number of halogens is 3. The average molecular weight is 416 g/mol. The van der Waals surface area contributed by atoms with Crippen LogP contribution in [0.3, 0.4) is 0 Å². The first-order valence-corrected chi connectivity index (χ1v) is 9.10. The Morgan fingerprint density at radius 2 is 2.11 bits per heavy atom. The molecule has 1 saturated heterocycles. The fourth-order valence-corrected chi connectivity index (χ4v) is 3.25. The van der Waals surface area contributed by atoms with E-state index in [4.69, 9.17) is 25.8 Å². The van der Waals surface area contributed by atoms with Crippen molar-refractivity contribution in [1.29, 1.82) is 0 Å². The maximum absolute atomic E-state index is 13.7. The summed E-state index contributed by atoms with van der Waals surface area (Å²) in [5, 5.41) is 3.82. The lowest BCUT2D eigenvalue weighted by atomic mass is 10.2. The third-order valence-corrected chi connectivity index (χ3v) is 4.62. The van der Waals surface area contributed by atoms with E-state index in [1.54, 1.807) is 25.3 Å². The highest BCUT2D eigenvalue weighted by atomic mass is 35.5. The Morgan fingerprint density at radius 1 is 1.30 bits per heavy atom. The number of nitrogens with one attached hydrogen (secondary N) is 1. The molecular weight excluding hydrogens is 392 g/mol. The summed E-state index contributed by atoms with van der Waals surface area (Å²) >= 11 is 6.37. The maximum Gasteiger partial charge on any atom is 0.180 e. The van der Waals surface area contributed by atoms with Gasteiger partial charge in [-0.15, -0.1) is 12.4 Å². The van der Waals surface area contributed by atoms with Crippen molar-refractivity contribution in [2.45, 2.75) is 32.1 Å². The molecule has 2 aromatic rings. The van der Waals surface area contributed by atoms with E-state index in [2.05, 4.69) is 5.32 Å². The summed E-state index contributed by atoms with van der Waals surface area (Å²) in [6, 6.07) is 10.2. The molecule has 3 rings (SSSR count). The minimum atomic E-state index is -0.308. The molecule has 148 valence electrons. The van der Waals surface area contributed by atoms with Crippen molar-refractivity contribution in [3.8, 4) is 11.5 Å². The first-order chi connectivity index (χ1) is 12.7. The highest BCUT2D eigenvalue weighted by Crippen LogP contribution is 2.37. The van der Waals surface area contributed by atoms with E-state index in [-0.39, 0.29) is 30.9 Å². The summed E-state index contributed by atoms with van der Waals surface area (Å²) in [5.41, 5.74) is 1.45. The second-order valence-electron chi connectivity index (χ2n) is 6.26. The number of ether oxygens (including phenoxy) is 3. The molecule has 1 fully saturated rings. The number of hydrogen-bond donors (Lipinski definition) is 1. The zero-order valence-corrected chi connectivity index (χ0v) is 16.7. The van der Waals surface area contributed by atoms with Crippen molar-refractivity contribution >= 4 is 24.0 Å². The molecule has 1 aliphatic heterocycles. The molecule has 0 aromatic heterocycles. The van der Waals surface area contributed by atoms with Crippen LogP contribution in [0.25, 0.3) is 0 Å². The van der Waals surface area contributed by atoms with Crippen LogP contribution in [0.5, 0.6) is 11.5 Å². The lowest BCUT2D eigenvalue weighted by Gasteiger charge is -2.15. The maximum atomic E-state index is 13.7. The summed E-state index contributed by atoms with van der Waals surface area (Å²) in [6.45, 7) is 2.40. The first-order valence-electron chi connectivity index (χ1n) is 8.72. The zero-order valence-electron chi connectivity index (χ0n) is 15.2. The monoisotopic (exact) mass is 415 g/mol.